The Balaban J connectivity index is 1.63. The van der Waals surface area contributed by atoms with Crippen LogP contribution in [0.2, 0.25) is 0 Å². The summed E-state index contributed by atoms with van der Waals surface area (Å²) >= 11 is 0. The molecule has 19 heavy (non-hydrogen) atoms. The van der Waals surface area contributed by atoms with Gasteiger partial charge in [-0.15, -0.1) is 0 Å². The Morgan fingerprint density at radius 1 is 1.32 bits per heavy atom. The molecule has 1 fully saturated rings. The average molecular weight is 262 g/mol. The predicted octanol–water partition coefficient (Wildman–Crippen LogP) is 1.74. The number of hydrogen-bond acceptors (Lipinski definition) is 4. The van der Waals surface area contributed by atoms with Crippen LogP contribution < -0.4 is 20.1 Å². The molecule has 1 amide bonds. The molecule has 0 aliphatic carbocycles. The summed E-state index contributed by atoms with van der Waals surface area (Å²) < 4.78 is 10.5. The lowest BCUT2D eigenvalue weighted by molar-refractivity contribution is -0.120. The summed E-state index contributed by atoms with van der Waals surface area (Å²) in [5, 5.41) is 6.28. The van der Waals surface area contributed by atoms with Crippen molar-refractivity contribution in [3.05, 3.63) is 18.2 Å². The normalized spacial score (nSPS) is 25.1. The number of fused-ring (bicyclic) bond motifs is 1. The van der Waals surface area contributed by atoms with Crippen molar-refractivity contribution in [1.82, 2.24) is 5.32 Å². The number of carbonyl (C=O) groups excluding carboxylic acids is 1. The maximum absolute atomic E-state index is 12.2. The molecule has 0 radical (unpaired) electrons. The van der Waals surface area contributed by atoms with E-state index in [4.69, 9.17) is 9.47 Å². The highest BCUT2D eigenvalue weighted by molar-refractivity contribution is 5.93. The lowest BCUT2D eigenvalue weighted by atomic mass is 9.95. The molecule has 2 aliphatic rings. The Bertz CT molecular complexity index is 482. The molecule has 3 rings (SSSR count). The minimum absolute atomic E-state index is 0.0432. The maximum Gasteiger partial charge on any atom is 0.231 e. The third-order valence-corrected chi connectivity index (χ3v) is 3.67. The first-order valence-electron chi connectivity index (χ1n) is 6.66. The number of carbonyl (C=O) groups is 1. The van der Waals surface area contributed by atoms with E-state index in [9.17, 15) is 4.79 Å². The molecule has 1 aromatic rings. The van der Waals surface area contributed by atoms with Gasteiger partial charge in [-0.1, -0.05) is 0 Å². The van der Waals surface area contributed by atoms with Crippen LogP contribution in [-0.2, 0) is 4.79 Å². The van der Waals surface area contributed by atoms with Gasteiger partial charge in [-0.2, -0.15) is 0 Å². The zero-order valence-electron chi connectivity index (χ0n) is 10.9. The van der Waals surface area contributed by atoms with Gasteiger partial charge >= 0.3 is 0 Å². The van der Waals surface area contributed by atoms with E-state index >= 15 is 0 Å². The van der Waals surface area contributed by atoms with Gasteiger partial charge in [0.2, 0.25) is 12.7 Å². The van der Waals surface area contributed by atoms with Crippen molar-refractivity contribution in [3.63, 3.8) is 0 Å². The van der Waals surface area contributed by atoms with Crippen LogP contribution in [0.3, 0.4) is 0 Å². The summed E-state index contributed by atoms with van der Waals surface area (Å²) in [5.74, 6) is 1.53. The molecule has 5 nitrogen and oxygen atoms in total. The summed E-state index contributed by atoms with van der Waals surface area (Å²) in [5.41, 5.74) is 0.757. The lowest BCUT2D eigenvalue weighted by Gasteiger charge is -2.26. The first-order chi connectivity index (χ1) is 9.22. The van der Waals surface area contributed by atoms with E-state index in [1.54, 1.807) is 6.07 Å². The molecule has 1 saturated heterocycles. The average Bonchev–Trinajstić information content (AvgIpc) is 2.87. The number of anilines is 1. The molecule has 1 aromatic carbocycles. The van der Waals surface area contributed by atoms with E-state index in [1.165, 1.54) is 0 Å². The van der Waals surface area contributed by atoms with Crippen molar-refractivity contribution in [3.8, 4) is 11.5 Å². The molecule has 0 aromatic heterocycles. The van der Waals surface area contributed by atoms with Crippen molar-refractivity contribution in [2.24, 2.45) is 5.92 Å². The summed E-state index contributed by atoms with van der Waals surface area (Å²) in [7, 11) is 0. The largest absolute Gasteiger partial charge is 0.454 e. The standard InChI is InChI=1S/C14H18N2O3/c1-9-2-3-10(7-15-9)14(17)16-11-4-5-12-13(6-11)19-8-18-12/h4-6,9-10,15H,2-3,7-8H2,1H3,(H,16,17). The molecule has 2 unspecified atom stereocenters. The zero-order chi connectivity index (χ0) is 13.2. The summed E-state index contributed by atoms with van der Waals surface area (Å²) in [4.78, 5) is 12.2. The van der Waals surface area contributed by atoms with Crippen LogP contribution in [0, 0.1) is 5.92 Å². The van der Waals surface area contributed by atoms with Gasteiger partial charge < -0.3 is 20.1 Å². The fourth-order valence-corrected chi connectivity index (χ4v) is 2.44. The van der Waals surface area contributed by atoms with Crippen molar-refractivity contribution in [2.45, 2.75) is 25.8 Å². The number of piperidine rings is 1. The fraction of sp³-hybridized carbons (Fsp3) is 0.500. The van der Waals surface area contributed by atoms with E-state index in [1.807, 2.05) is 12.1 Å². The van der Waals surface area contributed by atoms with Crippen molar-refractivity contribution in [2.75, 3.05) is 18.7 Å². The Kier molecular flexibility index (Phi) is 3.29. The van der Waals surface area contributed by atoms with Gasteiger partial charge in [-0.05, 0) is 31.9 Å². The maximum atomic E-state index is 12.2. The van der Waals surface area contributed by atoms with Gasteiger partial charge in [0.25, 0.3) is 0 Å². The summed E-state index contributed by atoms with van der Waals surface area (Å²) in [6, 6.07) is 5.97. The predicted molar refractivity (Wildman–Crippen MR) is 71.4 cm³/mol. The molecule has 2 atom stereocenters. The number of nitrogens with one attached hydrogen (secondary N) is 2. The number of benzene rings is 1. The quantitative estimate of drug-likeness (QED) is 0.852. The van der Waals surface area contributed by atoms with Crippen molar-refractivity contribution >= 4 is 11.6 Å². The second kappa shape index (κ2) is 5.09. The molecular weight excluding hydrogens is 244 g/mol. The molecule has 2 heterocycles. The Hall–Kier alpha value is -1.75. The van der Waals surface area contributed by atoms with E-state index in [2.05, 4.69) is 17.6 Å². The molecule has 0 bridgehead atoms. The van der Waals surface area contributed by atoms with E-state index in [0.717, 1.165) is 30.8 Å². The first-order valence-corrected chi connectivity index (χ1v) is 6.66. The number of ether oxygens (including phenoxy) is 2. The fourth-order valence-electron chi connectivity index (χ4n) is 2.44. The third-order valence-electron chi connectivity index (χ3n) is 3.67. The van der Waals surface area contributed by atoms with E-state index < -0.39 is 0 Å². The topological polar surface area (TPSA) is 59.6 Å². The van der Waals surface area contributed by atoms with Crippen molar-refractivity contribution < 1.29 is 14.3 Å². The van der Waals surface area contributed by atoms with Gasteiger partial charge in [-0.3, -0.25) is 4.79 Å². The SMILES string of the molecule is CC1CCC(C(=O)Nc2ccc3c(c2)OCO3)CN1. The van der Waals surface area contributed by atoms with Crippen LogP contribution >= 0.6 is 0 Å². The minimum atomic E-state index is 0.0432. The van der Waals surface area contributed by atoms with Crippen LogP contribution in [0.1, 0.15) is 19.8 Å². The lowest BCUT2D eigenvalue weighted by Crippen LogP contribution is -2.41. The number of hydrogen-bond donors (Lipinski definition) is 2. The summed E-state index contributed by atoms with van der Waals surface area (Å²) in [6.45, 7) is 3.14. The smallest absolute Gasteiger partial charge is 0.231 e. The van der Waals surface area contributed by atoms with E-state index in [0.29, 0.717) is 11.8 Å². The molecule has 0 saturated carbocycles. The molecule has 5 heteroatoms. The molecular formula is C14H18N2O3. The van der Waals surface area contributed by atoms with Crippen LogP contribution in [-0.4, -0.2) is 25.3 Å². The second-order valence-electron chi connectivity index (χ2n) is 5.14. The molecule has 2 N–H and O–H groups in total. The van der Waals surface area contributed by atoms with Crippen LogP contribution in [0.4, 0.5) is 5.69 Å². The zero-order valence-corrected chi connectivity index (χ0v) is 10.9. The van der Waals surface area contributed by atoms with Gasteiger partial charge in [0.15, 0.2) is 11.5 Å². The van der Waals surface area contributed by atoms with Gasteiger partial charge in [0.05, 0.1) is 5.92 Å². The van der Waals surface area contributed by atoms with Crippen molar-refractivity contribution in [1.29, 1.82) is 0 Å². The van der Waals surface area contributed by atoms with Crippen LogP contribution in [0.15, 0.2) is 18.2 Å². The van der Waals surface area contributed by atoms with Crippen LogP contribution in [0.5, 0.6) is 11.5 Å². The highest BCUT2D eigenvalue weighted by atomic mass is 16.7. The second-order valence-corrected chi connectivity index (χ2v) is 5.14. The summed E-state index contributed by atoms with van der Waals surface area (Å²) in [6.07, 6.45) is 1.98. The Labute approximate surface area is 112 Å². The molecule has 2 aliphatic heterocycles. The minimum Gasteiger partial charge on any atom is -0.454 e. The third kappa shape index (κ3) is 2.66. The van der Waals surface area contributed by atoms with E-state index in [-0.39, 0.29) is 18.6 Å². The monoisotopic (exact) mass is 262 g/mol. The molecule has 102 valence electrons. The highest BCUT2D eigenvalue weighted by Gasteiger charge is 2.24. The Morgan fingerprint density at radius 3 is 2.95 bits per heavy atom. The van der Waals surface area contributed by atoms with Gasteiger partial charge in [0, 0.05) is 24.3 Å². The number of rotatable bonds is 2. The molecule has 0 spiro atoms. The highest BCUT2D eigenvalue weighted by Crippen LogP contribution is 2.34. The van der Waals surface area contributed by atoms with Crippen LogP contribution in [0.25, 0.3) is 0 Å². The Morgan fingerprint density at radius 2 is 2.16 bits per heavy atom. The first kappa shape index (κ1) is 12.3. The number of amides is 1. The van der Waals surface area contributed by atoms with Gasteiger partial charge in [-0.25, -0.2) is 0 Å². The van der Waals surface area contributed by atoms with Gasteiger partial charge in [0.1, 0.15) is 0 Å².